The number of amides is 1. The lowest BCUT2D eigenvalue weighted by Crippen LogP contribution is -2.41. The lowest BCUT2D eigenvalue weighted by molar-refractivity contribution is 0.0997. The Labute approximate surface area is 158 Å². The van der Waals surface area contributed by atoms with Gasteiger partial charge in [0.1, 0.15) is 12.1 Å². The molecule has 3 N–H and O–H groups in total. The first kappa shape index (κ1) is 19.2. The maximum absolute atomic E-state index is 12.2. The van der Waals surface area contributed by atoms with Gasteiger partial charge in [-0.2, -0.15) is 4.98 Å². The van der Waals surface area contributed by atoms with Crippen LogP contribution >= 0.6 is 0 Å². The zero-order valence-corrected chi connectivity index (χ0v) is 15.3. The Kier molecular flexibility index (Phi) is 5.23. The van der Waals surface area contributed by atoms with Gasteiger partial charge in [0.2, 0.25) is 5.89 Å². The molecular formula is C18H19N5O5. The van der Waals surface area contributed by atoms with E-state index in [-0.39, 0.29) is 30.2 Å². The van der Waals surface area contributed by atoms with Crippen molar-refractivity contribution in [3.8, 4) is 0 Å². The molecule has 10 nitrogen and oxygen atoms in total. The molecule has 1 amide bonds. The Morgan fingerprint density at radius 2 is 1.96 bits per heavy atom. The summed E-state index contributed by atoms with van der Waals surface area (Å²) < 4.78 is 6.97. The number of hydrogen-bond acceptors (Lipinski definition) is 7. The number of primary amides is 1. The van der Waals surface area contributed by atoms with Gasteiger partial charge in [0.25, 0.3) is 11.5 Å². The predicted molar refractivity (Wildman–Crippen MR) is 97.7 cm³/mol. The molecule has 2 aromatic heterocycles. The molecular weight excluding hydrogens is 366 g/mol. The summed E-state index contributed by atoms with van der Waals surface area (Å²) in [5.74, 6) is -0.597. The standard InChI is InChI=1S/C18H19N5O5/c1-10-3-5-11(6-4-10)13(24)7-14-20-15(28-21-14)9-23-8-12(16(19)25)17(26)22(2)18(23)27/h3-6,8,13,24H,7,9H2,1-2H3,(H2,19,25)/t13-/m0/s1. The molecule has 0 fully saturated rings. The second-order valence-corrected chi connectivity index (χ2v) is 6.42. The number of nitrogens with two attached hydrogens (primary N) is 1. The molecule has 0 saturated carbocycles. The van der Waals surface area contributed by atoms with E-state index in [4.69, 9.17) is 10.3 Å². The summed E-state index contributed by atoms with van der Waals surface area (Å²) in [6.07, 6.45) is 0.382. The molecule has 0 aliphatic heterocycles. The van der Waals surface area contributed by atoms with Crippen molar-refractivity contribution in [3.05, 3.63) is 79.7 Å². The monoisotopic (exact) mass is 385 g/mol. The maximum atomic E-state index is 12.2. The van der Waals surface area contributed by atoms with Gasteiger partial charge < -0.3 is 15.4 Å². The number of aromatic nitrogens is 4. The summed E-state index contributed by atoms with van der Waals surface area (Å²) in [7, 11) is 1.24. The number of aryl methyl sites for hydroxylation is 1. The minimum atomic E-state index is -0.943. The lowest BCUT2D eigenvalue weighted by atomic mass is 10.0. The van der Waals surface area contributed by atoms with Crippen LogP contribution in [0.1, 0.15) is 39.3 Å². The van der Waals surface area contributed by atoms with E-state index in [1.807, 2.05) is 31.2 Å². The molecule has 1 aromatic carbocycles. The average Bonchev–Trinajstić information content (AvgIpc) is 3.09. The van der Waals surface area contributed by atoms with Gasteiger partial charge in [-0.3, -0.25) is 18.7 Å². The van der Waals surface area contributed by atoms with Gasteiger partial charge in [-0.25, -0.2) is 4.79 Å². The Hall–Kier alpha value is -3.53. The number of carbonyl (C=O) groups is 1. The molecule has 0 aliphatic carbocycles. The van der Waals surface area contributed by atoms with Gasteiger partial charge in [-0.05, 0) is 12.5 Å². The first-order chi connectivity index (χ1) is 13.3. The minimum absolute atomic E-state index is 0.0854. The van der Waals surface area contributed by atoms with Crippen LogP contribution in [0.15, 0.2) is 44.6 Å². The average molecular weight is 385 g/mol. The minimum Gasteiger partial charge on any atom is -0.388 e. The highest BCUT2D eigenvalue weighted by atomic mass is 16.5. The third-order valence-electron chi connectivity index (χ3n) is 4.27. The second kappa shape index (κ2) is 7.61. The van der Waals surface area contributed by atoms with Crippen molar-refractivity contribution >= 4 is 5.91 Å². The van der Waals surface area contributed by atoms with E-state index < -0.39 is 23.3 Å². The number of benzene rings is 1. The zero-order chi connectivity index (χ0) is 20.4. The van der Waals surface area contributed by atoms with E-state index in [1.54, 1.807) is 0 Å². The van der Waals surface area contributed by atoms with Crippen molar-refractivity contribution in [1.82, 2.24) is 19.3 Å². The summed E-state index contributed by atoms with van der Waals surface area (Å²) in [5.41, 5.74) is 5.21. The normalized spacial score (nSPS) is 12.1. The number of rotatable bonds is 6. The molecule has 0 bridgehead atoms. The fourth-order valence-electron chi connectivity index (χ4n) is 2.67. The fourth-order valence-corrected chi connectivity index (χ4v) is 2.67. The smallest absolute Gasteiger partial charge is 0.331 e. The summed E-state index contributed by atoms with van der Waals surface area (Å²) in [5, 5.41) is 14.1. The molecule has 28 heavy (non-hydrogen) atoms. The van der Waals surface area contributed by atoms with E-state index in [2.05, 4.69) is 10.1 Å². The SMILES string of the molecule is Cc1ccc([C@@H](O)Cc2noc(Cn3cc(C(N)=O)c(=O)n(C)c3=O)n2)cc1. The fraction of sp³-hybridized carbons (Fsp3) is 0.278. The number of carbonyl (C=O) groups excluding carboxylic acids is 1. The highest BCUT2D eigenvalue weighted by Crippen LogP contribution is 2.17. The topological polar surface area (TPSA) is 146 Å². The lowest BCUT2D eigenvalue weighted by Gasteiger charge is -2.08. The highest BCUT2D eigenvalue weighted by Gasteiger charge is 2.17. The molecule has 2 heterocycles. The van der Waals surface area contributed by atoms with Crippen LogP contribution < -0.4 is 17.0 Å². The van der Waals surface area contributed by atoms with E-state index >= 15 is 0 Å². The van der Waals surface area contributed by atoms with Crippen LogP contribution in [0.3, 0.4) is 0 Å². The van der Waals surface area contributed by atoms with Crippen LogP contribution in [0, 0.1) is 6.92 Å². The Morgan fingerprint density at radius 3 is 2.61 bits per heavy atom. The van der Waals surface area contributed by atoms with Gasteiger partial charge in [0, 0.05) is 19.7 Å². The first-order valence-corrected chi connectivity index (χ1v) is 8.42. The number of nitrogens with zero attached hydrogens (tertiary/aromatic N) is 4. The number of hydrogen-bond donors (Lipinski definition) is 2. The van der Waals surface area contributed by atoms with Gasteiger partial charge in [-0.15, -0.1) is 0 Å². The third-order valence-corrected chi connectivity index (χ3v) is 4.27. The van der Waals surface area contributed by atoms with Gasteiger partial charge in [0.05, 0.1) is 6.10 Å². The van der Waals surface area contributed by atoms with E-state index in [0.717, 1.165) is 26.5 Å². The first-order valence-electron chi connectivity index (χ1n) is 8.42. The molecule has 3 rings (SSSR count). The summed E-state index contributed by atoms with van der Waals surface area (Å²) in [6.45, 7) is 1.80. The molecule has 10 heteroatoms. The van der Waals surface area contributed by atoms with Crippen LogP contribution in [0.25, 0.3) is 0 Å². The maximum Gasteiger partial charge on any atom is 0.331 e. The van der Waals surface area contributed by atoms with Crippen LogP contribution in [0.4, 0.5) is 0 Å². The zero-order valence-electron chi connectivity index (χ0n) is 15.3. The summed E-state index contributed by atoms with van der Waals surface area (Å²) in [6, 6.07) is 7.41. The molecule has 3 aromatic rings. The predicted octanol–water partition coefficient (Wildman–Crippen LogP) is -0.338. The Morgan fingerprint density at radius 1 is 1.29 bits per heavy atom. The Balaban J connectivity index is 1.80. The molecule has 0 saturated heterocycles. The van der Waals surface area contributed by atoms with Crippen molar-refractivity contribution in [2.24, 2.45) is 12.8 Å². The summed E-state index contributed by atoms with van der Waals surface area (Å²) >= 11 is 0. The van der Waals surface area contributed by atoms with Crippen molar-refractivity contribution in [2.75, 3.05) is 0 Å². The molecule has 146 valence electrons. The quantitative estimate of drug-likeness (QED) is 0.590. The molecule has 0 spiro atoms. The Bertz CT molecular complexity index is 1130. The second-order valence-electron chi connectivity index (χ2n) is 6.42. The number of aliphatic hydroxyl groups excluding tert-OH is 1. The third kappa shape index (κ3) is 3.91. The molecule has 0 radical (unpaired) electrons. The van der Waals surface area contributed by atoms with Crippen molar-refractivity contribution in [3.63, 3.8) is 0 Å². The largest absolute Gasteiger partial charge is 0.388 e. The van der Waals surface area contributed by atoms with Gasteiger partial charge >= 0.3 is 5.69 Å². The van der Waals surface area contributed by atoms with Crippen molar-refractivity contribution in [2.45, 2.75) is 26.0 Å². The van der Waals surface area contributed by atoms with E-state index in [9.17, 15) is 19.5 Å². The van der Waals surface area contributed by atoms with E-state index in [1.165, 1.54) is 7.05 Å². The van der Waals surface area contributed by atoms with Gasteiger partial charge in [0.15, 0.2) is 5.82 Å². The van der Waals surface area contributed by atoms with Crippen molar-refractivity contribution < 1.29 is 14.4 Å². The summed E-state index contributed by atoms with van der Waals surface area (Å²) in [4.78, 5) is 39.6. The van der Waals surface area contributed by atoms with Crippen LogP contribution in [0.5, 0.6) is 0 Å². The van der Waals surface area contributed by atoms with Crippen LogP contribution in [-0.4, -0.2) is 30.3 Å². The van der Waals surface area contributed by atoms with E-state index in [0.29, 0.717) is 0 Å². The number of aliphatic hydroxyl groups is 1. The molecule has 0 aliphatic rings. The van der Waals surface area contributed by atoms with Crippen molar-refractivity contribution in [1.29, 1.82) is 0 Å². The molecule has 1 atom stereocenters. The van der Waals surface area contributed by atoms with Crippen LogP contribution in [0.2, 0.25) is 0 Å². The highest BCUT2D eigenvalue weighted by molar-refractivity contribution is 5.92. The molecule has 0 unspecified atom stereocenters. The van der Waals surface area contributed by atoms with Crippen LogP contribution in [-0.2, 0) is 20.0 Å². The van der Waals surface area contributed by atoms with Gasteiger partial charge in [-0.1, -0.05) is 35.0 Å².